The summed E-state index contributed by atoms with van der Waals surface area (Å²) in [7, 11) is 0. The van der Waals surface area contributed by atoms with Crippen molar-refractivity contribution in [3.8, 4) is 12.3 Å². The zero-order valence-corrected chi connectivity index (χ0v) is 9.45. The van der Waals surface area contributed by atoms with Crippen LogP contribution in [0.1, 0.15) is 25.0 Å². The van der Waals surface area contributed by atoms with E-state index in [4.69, 9.17) is 18.0 Å². The summed E-state index contributed by atoms with van der Waals surface area (Å²) in [5, 5.41) is -0.00375. The molecule has 0 aliphatic carbocycles. The molecule has 0 bridgehead atoms. The van der Waals surface area contributed by atoms with E-state index in [1.54, 1.807) is 13.8 Å². The van der Waals surface area contributed by atoms with Crippen molar-refractivity contribution in [2.24, 2.45) is 0 Å². The zero-order valence-electron chi connectivity index (χ0n) is 8.69. The van der Waals surface area contributed by atoms with Gasteiger partial charge in [-0.05, 0) is 19.9 Å². The standard InChI is InChI=1S/C11H9ClF3N/c1-4-10(2,3)8-5-7(11(13,14)15)6-16-9(8)12/h1,5-6H,2-3H3. The smallest absolute Gasteiger partial charge is 0.244 e. The second-order valence-corrected chi connectivity index (χ2v) is 4.19. The van der Waals surface area contributed by atoms with Crippen molar-refractivity contribution in [1.82, 2.24) is 4.98 Å². The van der Waals surface area contributed by atoms with Gasteiger partial charge in [-0.1, -0.05) is 17.5 Å². The molecule has 1 nitrogen and oxygen atoms in total. The predicted octanol–water partition coefficient (Wildman–Crippen LogP) is 3.66. The monoisotopic (exact) mass is 247 g/mol. The molecule has 0 amide bonds. The van der Waals surface area contributed by atoms with Crippen molar-refractivity contribution >= 4 is 11.6 Å². The highest BCUT2D eigenvalue weighted by Crippen LogP contribution is 2.34. The average molecular weight is 248 g/mol. The highest BCUT2D eigenvalue weighted by atomic mass is 35.5. The van der Waals surface area contributed by atoms with Gasteiger partial charge in [0.15, 0.2) is 0 Å². The normalized spacial score (nSPS) is 12.3. The van der Waals surface area contributed by atoms with Crippen LogP contribution in [-0.2, 0) is 11.6 Å². The van der Waals surface area contributed by atoms with Gasteiger partial charge in [-0.3, -0.25) is 0 Å². The Morgan fingerprint density at radius 3 is 2.38 bits per heavy atom. The Labute approximate surface area is 96.6 Å². The largest absolute Gasteiger partial charge is 0.417 e. The summed E-state index contributed by atoms with van der Waals surface area (Å²) in [5.74, 6) is 2.39. The second kappa shape index (κ2) is 3.99. The number of alkyl halides is 3. The van der Waals surface area contributed by atoms with E-state index in [0.717, 1.165) is 6.07 Å². The molecule has 0 radical (unpaired) electrons. The fraction of sp³-hybridized carbons (Fsp3) is 0.364. The minimum atomic E-state index is -4.45. The van der Waals surface area contributed by atoms with Gasteiger partial charge >= 0.3 is 6.18 Å². The molecule has 0 aliphatic heterocycles. The molecule has 0 aliphatic rings. The third kappa shape index (κ3) is 2.48. The first-order chi connectivity index (χ1) is 7.18. The molecule has 1 aromatic rings. The molecule has 0 fully saturated rings. The third-order valence-electron chi connectivity index (χ3n) is 2.20. The zero-order chi connectivity index (χ0) is 12.6. The van der Waals surface area contributed by atoms with E-state index in [9.17, 15) is 13.2 Å². The minimum absolute atomic E-state index is 0.00375. The topological polar surface area (TPSA) is 12.9 Å². The molecule has 1 aromatic heterocycles. The maximum Gasteiger partial charge on any atom is 0.417 e. The van der Waals surface area contributed by atoms with Gasteiger partial charge in [0, 0.05) is 11.8 Å². The predicted molar refractivity (Wildman–Crippen MR) is 56.1 cm³/mol. The van der Waals surface area contributed by atoms with Gasteiger partial charge in [0.2, 0.25) is 0 Å². The summed E-state index contributed by atoms with van der Waals surface area (Å²) in [6.07, 6.45) is 1.49. The van der Waals surface area contributed by atoms with Crippen LogP contribution in [0.3, 0.4) is 0 Å². The molecular formula is C11H9ClF3N. The Morgan fingerprint density at radius 2 is 1.94 bits per heavy atom. The van der Waals surface area contributed by atoms with Gasteiger partial charge in [0.25, 0.3) is 0 Å². The van der Waals surface area contributed by atoms with E-state index in [1.807, 2.05) is 0 Å². The Bertz CT molecular complexity index is 444. The molecule has 0 aromatic carbocycles. The highest BCUT2D eigenvalue weighted by molar-refractivity contribution is 6.30. The minimum Gasteiger partial charge on any atom is -0.244 e. The first kappa shape index (κ1) is 12.9. The summed E-state index contributed by atoms with van der Waals surface area (Å²) in [6.45, 7) is 3.21. The summed E-state index contributed by atoms with van der Waals surface area (Å²) >= 11 is 5.74. The van der Waals surface area contributed by atoms with E-state index in [2.05, 4.69) is 10.9 Å². The van der Waals surface area contributed by atoms with Gasteiger partial charge in [0.05, 0.1) is 11.0 Å². The van der Waals surface area contributed by atoms with Crippen LogP contribution in [0, 0.1) is 12.3 Å². The number of nitrogens with zero attached hydrogens (tertiary/aromatic N) is 1. The Hall–Kier alpha value is -1.21. The number of rotatable bonds is 1. The van der Waals surface area contributed by atoms with Crippen LogP contribution in [-0.4, -0.2) is 4.98 Å². The summed E-state index contributed by atoms with van der Waals surface area (Å²) < 4.78 is 37.4. The molecule has 0 unspecified atom stereocenters. The van der Waals surface area contributed by atoms with Crippen molar-refractivity contribution in [2.45, 2.75) is 25.4 Å². The molecule has 0 saturated heterocycles. The van der Waals surface area contributed by atoms with Gasteiger partial charge in [0.1, 0.15) is 5.15 Å². The molecule has 0 spiro atoms. The number of hydrogen-bond donors (Lipinski definition) is 0. The van der Waals surface area contributed by atoms with Crippen molar-refractivity contribution in [2.75, 3.05) is 0 Å². The van der Waals surface area contributed by atoms with Gasteiger partial charge in [-0.15, -0.1) is 6.42 Å². The van der Waals surface area contributed by atoms with Gasteiger partial charge in [-0.25, -0.2) is 4.98 Å². The van der Waals surface area contributed by atoms with Crippen molar-refractivity contribution in [1.29, 1.82) is 0 Å². The van der Waals surface area contributed by atoms with Crippen LogP contribution < -0.4 is 0 Å². The van der Waals surface area contributed by atoms with Crippen LogP contribution in [0.5, 0.6) is 0 Å². The molecule has 16 heavy (non-hydrogen) atoms. The number of aromatic nitrogens is 1. The quantitative estimate of drug-likeness (QED) is 0.545. The lowest BCUT2D eigenvalue weighted by Gasteiger charge is -2.20. The number of hydrogen-bond acceptors (Lipinski definition) is 1. The van der Waals surface area contributed by atoms with Gasteiger partial charge in [-0.2, -0.15) is 13.2 Å². The first-order valence-corrected chi connectivity index (χ1v) is 4.77. The Kier molecular flexibility index (Phi) is 3.20. The molecular weight excluding hydrogens is 239 g/mol. The Morgan fingerprint density at radius 1 is 1.38 bits per heavy atom. The second-order valence-electron chi connectivity index (χ2n) is 3.83. The van der Waals surface area contributed by atoms with Crippen LogP contribution in [0.25, 0.3) is 0 Å². The fourth-order valence-corrected chi connectivity index (χ4v) is 1.46. The lowest BCUT2D eigenvalue weighted by Crippen LogP contribution is -2.17. The molecule has 0 N–H and O–H groups in total. The molecule has 1 rings (SSSR count). The van der Waals surface area contributed by atoms with Crippen molar-refractivity contribution < 1.29 is 13.2 Å². The summed E-state index contributed by atoms with van der Waals surface area (Å²) in [4.78, 5) is 3.51. The van der Waals surface area contributed by atoms with Crippen LogP contribution in [0.4, 0.5) is 13.2 Å². The third-order valence-corrected chi connectivity index (χ3v) is 2.50. The van der Waals surface area contributed by atoms with E-state index >= 15 is 0 Å². The molecule has 1 heterocycles. The van der Waals surface area contributed by atoms with E-state index < -0.39 is 17.2 Å². The van der Waals surface area contributed by atoms with E-state index in [1.165, 1.54) is 0 Å². The lowest BCUT2D eigenvalue weighted by molar-refractivity contribution is -0.137. The van der Waals surface area contributed by atoms with E-state index in [0.29, 0.717) is 6.20 Å². The number of halogens is 4. The SMILES string of the molecule is C#CC(C)(C)c1cc(C(F)(F)F)cnc1Cl. The Balaban J connectivity index is 3.37. The van der Waals surface area contributed by atoms with Crippen LogP contribution in [0.15, 0.2) is 12.3 Å². The van der Waals surface area contributed by atoms with Crippen molar-refractivity contribution in [3.63, 3.8) is 0 Å². The summed E-state index contributed by atoms with van der Waals surface area (Å²) in [5.41, 5.74) is -1.53. The lowest BCUT2D eigenvalue weighted by atomic mass is 9.86. The number of terminal acetylenes is 1. The van der Waals surface area contributed by atoms with E-state index in [-0.39, 0.29) is 10.7 Å². The van der Waals surface area contributed by atoms with Gasteiger partial charge < -0.3 is 0 Å². The number of pyridine rings is 1. The molecule has 0 atom stereocenters. The highest BCUT2D eigenvalue weighted by Gasteiger charge is 2.33. The summed E-state index contributed by atoms with van der Waals surface area (Å²) in [6, 6.07) is 0.940. The van der Waals surface area contributed by atoms with Crippen molar-refractivity contribution in [3.05, 3.63) is 28.5 Å². The molecule has 0 saturated carbocycles. The first-order valence-electron chi connectivity index (χ1n) is 4.39. The molecule has 5 heteroatoms. The van der Waals surface area contributed by atoms with Crippen LogP contribution in [0.2, 0.25) is 5.15 Å². The maximum atomic E-state index is 12.5. The maximum absolute atomic E-state index is 12.5. The molecule has 86 valence electrons. The van der Waals surface area contributed by atoms with Crippen LogP contribution >= 0.6 is 11.6 Å². The average Bonchev–Trinajstić information content (AvgIpc) is 2.16. The fourth-order valence-electron chi connectivity index (χ4n) is 1.12.